The van der Waals surface area contributed by atoms with Crippen molar-refractivity contribution >= 4 is 0 Å². The monoisotopic (exact) mass is 377 g/mol. The lowest BCUT2D eigenvalue weighted by atomic mass is 9.43. The van der Waals surface area contributed by atoms with Crippen LogP contribution in [0.5, 0.6) is 0 Å². The number of hydrogen-bond acceptors (Lipinski definition) is 3. The summed E-state index contributed by atoms with van der Waals surface area (Å²) in [6, 6.07) is 0.302. The van der Waals surface area contributed by atoms with Crippen molar-refractivity contribution in [1.29, 1.82) is 0 Å². The van der Waals surface area contributed by atoms with Gasteiger partial charge in [0.2, 0.25) is 0 Å². The van der Waals surface area contributed by atoms with E-state index < -0.39 is 0 Å². The Morgan fingerprint density at radius 2 is 1.78 bits per heavy atom. The molecule has 11 atom stereocenters. The molecule has 0 saturated heterocycles. The number of fused-ring (bicyclic) bond motifs is 5. The van der Waals surface area contributed by atoms with Crippen molar-refractivity contribution in [3.05, 3.63) is 0 Å². The molecule has 3 heteroatoms. The van der Waals surface area contributed by atoms with Crippen LogP contribution in [0.1, 0.15) is 85.5 Å². The van der Waals surface area contributed by atoms with Gasteiger partial charge in [0.15, 0.2) is 0 Å². The Bertz CT molecular complexity index is 552. The van der Waals surface area contributed by atoms with Gasteiger partial charge in [0, 0.05) is 6.04 Å². The second-order valence-electron chi connectivity index (χ2n) is 11.4. The fourth-order valence-corrected chi connectivity index (χ4v) is 8.84. The van der Waals surface area contributed by atoms with Gasteiger partial charge in [-0.15, -0.1) is 0 Å². The summed E-state index contributed by atoms with van der Waals surface area (Å²) in [6.45, 7) is 9.52. The molecule has 0 bridgehead atoms. The first-order valence-corrected chi connectivity index (χ1v) is 11.8. The minimum Gasteiger partial charge on any atom is -0.393 e. The summed E-state index contributed by atoms with van der Waals surface area (Å²) in [6.07, 6.45) is 9.69. The first kappa shape index (κ1) is 20.2. The maximum atomic E-state index is 11.5. The SMILES string of the molecule is CCC[C@@H](C)[C@H]1CC[C@H]2[C@@H]3[C@H](O)C[C@@H]4C[C@@H](N)CC[C@]4(C)[C@H]3C[C@H](O)[C@]12C. The van der Waals surface area contributed by atoms with Gasteiger partial charge in [0.05, 0.1) is 12.2 Å². The second kappa shape index (κ2) is 6.99. The van der Waals surface area contributed by atoms with Gasteiger partial charge in [-0.1, -0.05) is 40.5 Å². The summed E-state index contributed by atoms with van der Waals surface area (Å²) in [4.78, 5) is 0. The van der Waals surface area contributed by atoms with Gasteiger partial charge in [0.25, 0.3) is 0 Å². The predicted octanol–water partition coefficient (Wildman–Crippen LogP) is 4.35. The first-order valence-electron chi connectivity index (χ1n) is 11.8. The van der Waals surface area contributed by atoms with E-state index in [1.807, 2.05) is 0 Å². The van der Waals surface area contributed by atoms with Crippen LogP contribution in [0.2, 0.25) is 0 Å². The average molecular weight is 378 g/mol. The van der Waals surface area contributed by atoms with Crippen LogP contribution < -0.4 is 5.73 Å². The molecule has 4 N–H and O–H groups in total. The third-order valence-corrected chi connectivity index (χ3v) is 10.3. The Hall–Kier alpha value is -0.120. The molecule has 0 aromatic rings. The molecule has 156 valence electrons. The van der Waals surface area contributed by atoms with Crippen LogP contribution in [0.3, 0.4) is 0 Å². The maximum absolute atomic E-state index is 11.5. The Labute approximate surface area is 166 Å². The second-order valence-corrected chi connectivity index (χ2v) is 11.4. The third kappa shape index (κ3) is 2.86. The summed E-state index contributed by atoms with van der Waals surface area (Å²) in [7, 11) is 0. The molecule has 0 radical (unpaired) electrons. The highest BCUT2D eigenvalue weighted by molar-refractivity contribution is 5.14. The fourth-order valence-electron chi connectivity index (χ4n) is 8.84. The van der Waals surface area contributed by atoms with E-state index in [2.05, 4.69) is 27.7 Å². The highest BCUT2D eigenvalue weighted by Crippen LogP contribution is 2.68. The lowest BCUT2D eigenvalue weighted by Crippen LogP contribution is -2.62. The summed E-state index contributed by atoms with van der Waals surface area (Å²) in [5, 5.41) is 22.8. The van der Waals surface area contributed by atoms with Crippen LogP contribution in [-0.2, 0) is 0 Å². The Balaban J connectivity index is 1.66. The van der Waals surface area contributed by atoms with Crippen molar-refractivity contribution in [2.45, 2.75) is 104 Å². The molecule has 4 fully saturated rings. The van der Waals surface area contributed by atoms with Gasteiger partial charge >= 0.3 is 0 Å². The molecule has 3 nitrogen and oxygen atoms in total. The van der Waals surface area contributed by atoms with Gasteiger partial charge in [-0.3, -0.25) is 0 Å². The third-order valence-electron chi connectivity index (χ3n) is 10.3. The number of aliphatic hydroxyl groups excluding tert-OH is 2. The lowest BCUT2D eigenvalue weighted by Gasteiger charge is -2.63. The minimum absolute atomic E-state index is 0.00893. The van der Waals surface area contributed by atoms with Crippen LogP contribution in [0.25, 0.3) is 0 Å². The number of hydrogen-bond donors (Lipinski definition) is 3. The molecule has 4 aliphatic carbocycles. The maximum Gasteiger partial charge on any atom is 0.0602 e. The van der Waals surface area contributed by atoms with E-state index >= 15 is 0 Å². The summed E-state index contributed by atoms with van der Waals surface area (Å²) in [5.41, 5.74) is 6.55. The molecule has 0 unspecified atom stereocenters. The summed E-state index contributed by atoms with van der Waals surface area (Å²) < 4.78 is 0. The van der Waals surface area contributed by atoms with Crippen LogP contribution in [-0.4, -0.2) is 28.5 Å². The summed E-state index contributed by atoms with van der Waals surface area (Å²) in [5.74, 6) is 3.15. The Morgan fingerprint density at radius 1 is 1.04 bits per heavy atom. The standard InChI is InChI=1S/C24H43NO2/c1-5-6-14(2)17-7-8-18-22-19(13-21(27)24(17,18)4)23(3)10-9-16(25)11-15(23)12-20(22)26/h14-22,26-27H,5-13,25H2,1-4H3/t14-,15+,16+,17-,18+,19+,20-,21+,22+,23+,24-/m1/s1. The molecule has 0 aromatic carbocycles. The number of nitrogens with two attached hydrogens (primary N) is 1. The quantitative estimate of drug-likeness (QED) is 0.685. The van der Waals surface area contributed by atoms with Gasteiger partial charge in [-0.25, -0.2) is 0 Å². The van der Waals surface area contributed by atoms with Gasteiger partial charge < -0.3 is 15.9 Å². The van der Waals surface area contributed by atoms with Gasteiger partial charge in [-0.05, 0) is 91.3 Å². The van der Waals surface area contributed by atoms with E-state index in [0.29, 0.717) is 41.5 Å². The van der Waals surface area contributed by atoms with E-state index in [-0.39, 0.29) is 23.0 Å². The molecular formula is C24H43NO2. The Kier molecular flexibility index (Phi) is 5.22. The van der Waals surface area contributed by atoms with E-state index in [1.54, 1.807) is 0 Å². The highest BCUT2D eigenvalue weighted by Gasteiger charge is 2.65. The molecule has 0 heterocycles. The highest BCUT2D eigenvalue weighted by atomic mass is 16.3. The van der Waals surface area contributed by atoms with Crippen molar-refractivity contribution in [1.82, 2.24) is 0 Å². The minimum atomic E-state index is -0.214. The molecule has 27 heavy (non-hydrogen) atoms. The molecule has 0 spiro atoms. The largest absolute Gasteiger partial charge is 0.393 e. The van der Waals surface area contributed by atoms with E-state index in [9.17, 15) is 10.2 Å². The molecule has 4 saturated carbocycles. The van der Waals surface area contributed by atoms with Gasteiger partial charge in [-0.2, -0.15) is 0 Å². The van der Waals surface area contributed by atoms with Crippen molar-refractivity contribution < 1.29 is 10.2 Å². The van der Waals surface area contributed by atoms with Crippen molar-refractivity contribution in [2.75, 3.05) is 0 Å². The molecular weight excluding hydrogens is 334 g/mol. The van der Waals surface area contributed by atoms with Crippen molar-refractivity contribution in [3.63, 3.8) is 0 Å². The topological polar surface area (TPSA) is 66.5 Å². The molecule has 0 amide bonds. The van der Waals surface area contributed by atoms with Crippen LogP contribution in [0, 0.1) is 46.3 Å². The predicted molar refractivity (Wildman–Crippen MR) is 110 cm³/mol. The van der Waals surface area contributed by atoms with Gasteiger partial charge in [0.1, 0.15) is 0 Å². The zero-order valence-electron chi connectivity index (χ0n) is 18.0. The van der Waals surface area contributed by atoms with Crippen LogP contribution >= 0.6 is 0 Å². The number of rotatable bonds is 3. The Morgan fingerprint density at radius 3 is 2.48 bits per heavy atom. The average Bonchev–Trinajstić information content (AvgIpc) is 2.96. The van der Waals surface area contributed by atoms with Crippen LogP contribution in [0.4, 0.5) is 0 Å². The fraction of sp³-hybridized carbons (Fsp3) is 1.00. The summed E-state index contributed by atoms with van der Waals surface area (Å²) >= 11 is 0. The number of aliphatic hydroxyl groups is 2. The molecule has 4 aliphatic rings. The van der Waals surface area contributed by atoms with E-state index in [1.165, 1.54) is 32.1 Å². The molecule has 4 rings (SSSR count). The van der Waals surface area contributed by atoms with E-state index in [4.69, 9.17) is 5.73 Å². The lowest BCUT2D eigenvalue weighted by molar-refractivity contribution is -0.202. The first-order chi connectivity index (χ1) is 12.7. The zero-order valence-corrected chi connectivity index (χ0v) is 18.0. The smallest absolute Gasteiger partial charge is 0.0602 e. The van der Waals surface area contributed by atoms with Crippen molar-refractivity contribution in [2.24, 2.45) is 52.1 Å². The van der Waals surface area contributed by atoms with E-state index in [0.717, 1.165) is 25.7 Å². The molecule has 0 aliphatic heterocycles. The zero-order chi connectivity index (χ0) is 19.6. The van der Waals surface area contributed by atoms with Crippen LogP contribution in [0.15, 0.2) is 0 Å². The molecule has 0 aromatic heterocycles. The normalized spacial score (nSPS) is 56.1. The van der Waals surface area contributed by atoms with Crippen molar-refractivity contribution in [3.8, 4) is 0 Å².